The molecule has 0 radical (unpaired) electrons. The Balaban J connectivity index is 2.07. The summed E-state index contributed by atoms with van der Waals surface area (Å²) in [5.41, 5.74) is 0.962. The topological polar surface area (TPSA) is 58.6 Å². The number of hydrogen-bond acceptors (Lipinski definition) is 3. The van der Waals surface area contributed by atoms with Crippen LogP contribution in [0.5, 0.6) is 5.75 Å². The van der Waals surface area contributed by atoms with Crippen LogP contribution in [-0.2, 0) is 4.79 Å². The highest BCUT2D eigenvalue weighted by Crippen LogP contribution is 2.28. The van der Waals surface area contributed by atoms with Crippen LogP contribution >= 0.6 is 0 Å². The van der Waals surface area contributed by atoms with Gasteiger partial charge in [-0.3, -0.25) is 4.79 Å². The lowest BCUT2D eigenvalue weighted by Crippen LogP contribution is -2.29. The smallest absolute Gasteiger partial charge is 0.318 e. The monoisotopic (exact) mass is 262 g/mol. The predicted octanol–water partition coefficient (Wildman–Crippen LogP) is 1.74. The summed E-state index contributed by atoms with van der Waals surface area (Å²) in [5, 5.41) is 2.91. The average Bonchev–Trinajstić information content (AvgIpc) is 2.77. The molecular weight excluding hydrogens is 244 g/mol. The second kappa shape index (κ2) is 5.73. The van der Waals surface area contributed by atoms with Gasteiger partial charge in [0, 0.05) is 25.1 Å². The van der Waals surface area contributed by atoms with E-state index >= 15 is 0 Å². The Morgan fingerprint density at radius 3 is 2.89 bits per heavy atom. The minimum absolute atomic E-state index is 0.0874. The molecule has 1 heterocycles. The Morgan fingerprint density at radius 2 is 2.21 bits per heavy atom. The van der Waals surface area contributed by atoms with E-state index in [1.54, 1.807) is 12.0 Å². The molecule has 0 saturated carbocycles. The summed E-state index contributed by atoms with van der Waals surface area (Å²) < 4.78 is 5.30. The molecule has 19 heavy (non-hydrogen) atoms. The largest absolute Gasteiger partial charge is 0.496 e. The molecule has 1 atom stereocenters. The van der Waals surface area contributed by atoms with Crippen molar-refractivity contribution in [3.05, 3.63) is 29.8 Å². The molecule has 1 N–H and O–H groups in total. The third kappa shape index (κ3) is 3.05. The molecule has 2 rings (SSSR count). The maximum atomic E-state index is 11.8. The van der Waals surface area contributed by atoms with Gasteiger partial charge in [-0.25, -0.2) is 4.79 Å². The molecule has 0 bridgehead atoms. The number of nitrogens with one attached hydrogen (secondary N) is 1. The molecule has 5 nitrogen and oxygen atoms in total. The van der Waals surface area contributed by atoms with Crippen molar-refractivity contribution in [2.75, 3.05) is 20.2 Å². The van der Waals surface area contributed by atoms with Gasteiger partial charge in [-0.2, -0.15) is 0 Å². The molecule has 102 valence electrons. The van der Waals surface area contributed by atoms with Gasteiger partial charge in [-0.15, -0.1) is 0 Å². The van der Waals surface area contributed by atoms with Gasteiger partial charge in [0.05, 0.1) is 13.2 Å². The molecule has 1 aromatic rings. The van der Waals surface area contributed by atoms with E-state index < -0.39 is 0 Å². The van der Waals surface area contributed by atoms with Crippen molar-refractivity contribution in [3.8, 4) is 5.75 Å². The van der Waals surface area contributed by atoms with E-state index in [1.165, 1.54) is 6.92 Å². The molecular formula is C14H18N2O3. The van der Waals surface area contributed by atoms with Crippen molar-refractivity contribution in [2.45, 2.75) is 19.4 Å². The number of amides is 2. The van der Waals surface area contributed by atoms with E-state index in [1.807, 2.05) is 24.3 Å². The second-order valence-corrected chi connectivity index (χ2v) is 4.64. The number of ether oxygens (including phenoxy) is 1. The fourth-order valence-corrected chi connectivity index (χ4v) is 2.20. The van der Waals surface area contributed by atoms with Crippen molar-refractivity contribution >= 4 is 11.8 Å². The van der Waals surface area contributed by atoms with Crippen molar-refractivity contribution < 1.29 is 14.3 Å². The van der Waals surface area contributed by atoms with Gasteiger partial charge in [-0.1, -0.05) is 18.2 Å². The lowest BCUT2D eigenvalue weighted by atomic mass is 10.1. The maximum absolute atomic E-state index is 11.8. The number of urea groups is 1. The zero-order valence-electron chi connectivity index (χ0n) is 11.2. The highest BCUT2D eigenvalue weighted by molar-refractivity contribution is 5.79. The number of methoxy groups -OCH3 is 1. The Hall–Kier alpha value is -2.04. The van der Waals surface area contributed by atoms with E-state index in [2.05, 4.69) is 5.32 Å². The van der Waals surface area contributed by atoms with Crippen LogP contribution in [0.3, 0.4) is 0 Å². The normalized spacial score (nSPS) is 18.3. The number of para-hydroxylation sites is 1. The number of rotatable bonds is 5. The number of hydrogen-bond donors (Lipinski definition) is 1. The number of benzene rings is 1. The van der Waals surface area contributed by atoms with E-state index in [0.29, 0.717) is 19.5 Å². The molecule has 0 aromatic heterocycles. The van der Waals surface area contributed by atoms with Gasteiger partial charge < -0.3 is 15.0 Å². The van der Waals surface area contributed by atoms with Gasteiger partial charge in [0.15, 0.2) is 0 Å². The molecule has 5 heteroatoms. The lowest BCUT2D eigenvalue weighted by molar-refractivity contribution is -0.117. The van der Waals surface area contributed by atoms with Crippen molar-refractivity contribution in [1.29, 1.82) is 0 Å². The molecule has 0 spiro atoms. The fraction of sp³-hybridized carbons (Fsp3) is 0.429. The molecule has 1 saturated heterocycles. The fourth-order valence-electron chi connectivity index (χ4n) is 2.20. The first-order valence-corrected chi connectivity index (χ1v) is 6.29. The Bertz CT molecular complexity index is 487. The molecule has 1 aliphatic rings. The molecule has 0 aliphatic carbocycles. The summed E-state index contributed by atoms with van der Waals surface area (Å²) in [7, 11) is 1.61. The molecule has 2 amide bonds. The van der Waals surface area contributed by atoms with Gasteiger partial charge in [0.25, 0.3) is 0 Å². The zero-order chi connectivity index (χ0) is 13.8. The van der Waals surface area contributed by atoms with Crippen molar-refractivity contribution in [2.24, 2.45) is 0 Å². The lowest BCUT2D eigenvalue weighted by Gasteiger charge is -2.15. The van der Waals surface area contributed by atoms with Crippen LogP contribution in [0.1, 0.15) is 24.9 Å². The first-order chi connectivity index (χ1) is 9.11. The zero-order valence-corrected chi connectivity index (χ0v) is 11.2. The Kier molecular flexibility index (Phi) is 4.04. The number of nitrogens with zero attached hydrogens (tertiary/aromatic N) is 1. The van der Waals surface area contributed by atoms with E-state index in [0.717, 1.165) is 11.3 Å². The van der Waals surface area contributed by atoms with Crippen LogP contribution in [0.4, 0.5) is 4.79 Å². The van der Waals surface area contributed by atoms with Crippen LogP contribution in [0, 0.1) is 0 Å². The third-order valence-electron chi connectivity index (χ3n) is 3.24. The van der Waals surface area contributed by atoms with Crippen LogP contribution in [0.25, 0.3) is 0 Å². The van der Waals surface area contributed by atoms with E-state index in [9.17, 15) is 9.59 Å². The number of ketones is 1. The standard InChI is InChI=1S/C14H18N2O3/c1-10(17)7-8-16-9-12(15-14(16)18)11-5-3-4-6-13(11)19-2/h3-6,12H,7-9H2,1-2H3,(H,15,18). The Labute approximate surface area is 112 Å². The molecule has 1 unspecified atom stereocenters. The molecule has 1 aliphatic heterocycles. The molecule has 1 aromatic carbocycles. The Morgan fingerprint density at radius 1 is 1.47 bits per heavy atom. The summed E-state index contributed by atoms with van der Waals surface area (Å²) in [5.74, 6) is 0.856. The summed E-state index contributed by atoms with van der Waals surface area (Å²) in [6, 6.07) is 7.42. The highest BCUT2D eigenvalue weighted by atomic mass is 16.5. The average molecular weight is 262 g/mol. The summed E-state index contributed by atoms with van der Waals surface area (Å²) in [4.78, 5) is 24.5. The minimum atomic E-state index is -0.128. The number of Topliss-reactive ketones (excluding diaryl/α,β-unsaturated/α-hetero) is 1. The van der Waals surface area contributed by atoms with Crippen LogP contribution < -0.4 is 10.1 Å². The van der Waals surface area contributed by atoms with Crippen LogP contribution in [-0.4, -0.2) is 36.9 Å². The minimum Gasteiger partial charge on any atom is -0.496 e. The first-order valence-electron chi connectivity index (χ1n) is 6.29. The second-order valence-electron chi connectivity index (χ2n) is 4.64. The third-order valence-corrected chi connectivity index (χ3v) is 3.24. The van der Waals surface area contributed by atoms with Crippen LogP contribution in [0.15, 0.2) is 24.3 Å². The predicted molar refractivity (Wildman–Crippen MR) is 71.1 cm³/mol. The SMILES string of the molecule is COc1ccccc1C1CN(CCC(C)=O)C(=O)N1. The van der Waals surface area contributed by atoms with E-state index in [4.69, 9.17) is 4.74 Å². The van der Waals surface area contributed by atoms with Gasteiger partial charge in [0.1, 0.15) is 11.5 Å². The quantitative estimate of drug-likeness (QED) is 0.879. The number of carbonyl (C=O) groups is 2. The summed E-state index contributed by atoms with van der Waals surface area (Å²) >= 11 is 0. The van der Waals surface area contributed by atoms with Crippen LogP contribution in [0.2, 0.25) is 0 Å². The van der Waals surface area contributed by atoms with Crippen molar-refractivity contribution in [3.63, 3.8) is 0 Å². The summed E-state index contributed by atoms with van der Waals surface area (Å²) in [6.07, 6.45) is 0.395. The first kappa shape index (κ1) is 13.4. The van der Waals surface area contributed by atoms with Gasteiger partial charge in [0.2, 0.25) is 0 Å². The highest BCUT2D eigenvalue weighted by Gasteiger charge is 2.30. The molecule has 1 fully saturated rings. The van der Waals surface area contributed by atoms with Crippen molar-refractivity contribution in [1.82, 2.24) is 10.2 Å². The van der Waals surface area contributed by atoms with Gasteiger partial charge >= 0.3 is 6.03 Å². The number of carbonyl (C=O) groups excluding carboxylic acids is 2. The summed E-state index contributed by atoms with van der Waals surface area (Å²) in [6.45, 7) is 2.56. The van der Waals surface area contributed by atoms with E-state index in [-0.39, 0.29) is 17.9 Å². The van der Waals surface area contributed by atoms with Gasteiger partial charge in [-0.05, 0) is 13.0 Å². The maximum Gasteiger partial charge on any atom is 0.318 e.